The van der Waals surface area contributed by atoms with Gasteiger partial charge in [-0.1, -0.05) is 6.92 Å². The number of benzene rings is 2. The maximum atomic E-state index is 13.5. The Morgan fingerprint density at radius 1 is 1.22 bits per heavy atom. The Labute approximate surface area is 184 Å². The lowest BCUT2D eigenvalue weighted by Gasteiger charge is -2.35. The molecule has 2 unspecified atom stereocenters. The number of nitrogens with one attached hydrogen (secondary N) is 2. The van der Waals surface area contributed by atoms with Crippen LogP contribution in [0.1, 0.15) is 23.7 Å². The third-order valence-electron chi connectivity index (χ3n) is 5.98. The second-order valence-corrected chi connectivity index (χ2v) is 10.0. The molecule has 0 aliphatic carbocycles. The third-order valence-corrected chi connectivity index (χ3v) is 7.83. The van der Waals surface area contributed by atoms with Crippen LogP contribution in [0.2, 0.25) is 0 Å². The SMILES string of the molecule is CC1CN(S(=O)(=O)c2cc(C(=O)Nc3ccc(F)c(F)c3)c3cc[nH]c3c2)CCC1CO. The number of hydrogen-bond acceptors (Lipinski definition) is 4. The minimum atomic E-state index is -3.90. The third kappa shape index (κ3) is 4.13. The lowest BCUT2D eigenvalue weighted by atomic mass is 9.89. The molecule has 1 fully saturated rings. The van der Waals surface area contributed by atoms with E-state index in [1.54, 1.807) is 12.3 Å². The van der Waals surface area contributed by atoms with Gasteiger partial charge in [-0.2, -0.15) is 4.31 Å². The van der Waals surface area contributed by atoms with Crippen molar-refractivity contribution in [3.05, 3.63) is 59.8 Å². The summed E-state index contributed by atoms with van der Waals surface area (Å²) in [5, 5.41) is 12.4. The fraction of sp³-hybridized carbons (Fsp3) is 0.318. The number of aromatic nitrogens is 1. The normalized spacial score (nSPS) is 19.9. The Bertz CT molecular complexity index is 1280. The molecule has 170 valence electrons. The average Bonchev–Trinajstić information content (AvgIpc) is 3.24. The van der Waals surface area contributed by atoms with Crippen LogP contribution < -0.4 is 5.32 Å². The van der Waals surface area contributed by atoms with Gasteiger partial charge in [-0.05, 0) is 48.6 Å². The molecule has 0 spiro atoms. The zero-order valence-corrected chi connectivity index (χ0v) is 18.1. The molecule has 1 aromatic heterocycles. The summed E-state index contributed by atoms with van der Waals surface area (Å²) in [6, 6.07) is 7.38. The molecule has 0 bridgehead atoms. The van der Waals surface area contributed by atoms with Gasteiger partial charge in [-0.25, -0.2) is 17.2 Å². The molecule has 3 N–H and O–H groups in total. The highest BCUT2D eigenvalue weighted by Gasteiger charge is 2.34. The van der Waals surface area contributed by atoms with E-state index in [-0.39, 0.29) is 47.7 Å². The highest BCUT2D eigenvalue weighted by Crippen LogP contribution is 2.30. The molecule has 4 rings (SSSR count). The largest absolute Gasteiger partial charge is 0.396 e. The molecule has 32 heavy (non-hydrogen) atoms. The van der Waals surface area contributed by atoms with Gasteiger partial charge in [0, 0.05) is 48.5 Å². The van der Waals surface area contributed by atoms with Crippen LogP contribution in [0.5, 0.6) is 0 Å². The maximum Gasteiger partial charge on any atom is 0.256 e. The van der Waals surface area contributed by atoms with E-state index in [2.05, 4.69) is 10.3 Å². The lowest BCUT2D eigenvalue weighted by Crippen LogP contribution is -2.43. The molecule has 1 amide bonds. The van der Waals surface area contributed by atoms with Gasteiger partial charge in [0.2, 0.25) is 10.0 Å². The summed E-state index contributed by atoms with van der Waals surface area (Å²) in [5.41, 5.74) is 0.593. The Kier molecular flexibility index (Phi) is 6.02. The number of aliphatic hydroxyl groups excluding tert-OH is 1. The quantitative estimate of drug-likeness (QED) is 0.540. The fourth-order valence-electron chi connectivity index (χ4n) is 4.04. The van der Waals surface area contributed by atoms with Crippen molar-refractivity contribution in [2.45, 2.75) is 18.2 Å². The maximum absolute atomic E-state index is 13.5. The molecule has 10 heteroatoms. The Hall–Kier alpha value is -2.82. The van der Waals surface area contributed by atoms with Crippen LogP contribution in [0.15, 0.2) is 47.5 Å². The molecule has 7 nitrogen and oxygen atoms in total. The number of sulfonamides is 1. The highest BCUT2D eigenvalue weighted by atomic mass is 32.2. The molecule has 2 atom stereocenters. The monoisotopic (exact) mass is 463 g/mol. The molecule has 2 heterocycles. The Morgan fingerprint density at radius 3 is 2.69 bits per heavy atom. The summed E-state index contributed by atoms with van der Waals surface area (Å²) in [6.45, 7) is 2.46. The molecule has 2 aromatic carbocycles. The summed E-state index contributed by atoms with van der Waals surface area (Å²) in [7, 11) is -3.90. The molecule has 3 aromatic rings. The predicted molar refractivity (Wildman–Crippen MR) is 116 cm³/mol. The van der Waals surface area contributed by atoms with Crippen molar-refractivity contribution in [2.24, 2.45) is 11.8 Å². The van der Waals surface area contributed by atoms with Gasteiger partial charge in [-0.15, -0.1) is 0 Å². The number of halogens is 2. The summed E-state index contributed by atoms with van der Waals surface area (Å²) >= 11 is 0. The van der Waals surface area contributed by atoms with Gasteiger partial charge in [-0.3, -0.25) is 4.79 Å². The minimum absolute atomic E-state index is 0.00566. The number of carbonyl (C=O) groups excluding carboxylic acids is 1. The number of aliphatic hydroxyl groups is 1. The van der Waals surface area contributed by atoms with Crippen LogP contribution in [0.3, 0.4) is 0 Å². The van der Waals surface area contributed by atoms with Crippen molar-refractivity contribution < 1.29 is 27.1 Å². The molecular formula is C22H23F2N3O4S. The van der Waals surface area contributed by atoms with Crippen LogP contribution in [0.25, 0.3) is 10.9 Å². The first kappa shape index (κ1) is 22.4. The van der Waals surface area contributed by atoms with Gasteiger partial charge in [0.15, 0.2) is 11.6 Å². The second-order valence-electron chi connectivity index (χ2n) is 8.06. The van der Waals surface area contributed by atoms with E-state index in [9.17, 15) is 27.1 Å². The molecule has 1 aliphatic rings. The first-order chi connectivity index (χ1) is 15.2. The van der Waals surface area contributed by atoms with Crippen LogP contribution in [-0.4, -0.2) is 48.4 Å². The molecule has 0 saturated carbocycles. The Morgan fingerprint density at radius 2 is 2.00 bits per heavy atom. The van der Waals surface area contributed by atoms with Crippen molar-refractivity contribution in [2.75, 3.05) is 25.0 Å². The molecule has 1 aliphatic heterocycles. The number of H-pyrrole nitrogens is 1. The second kappa shape index (κ2) is 8.61. The van der Waals surface area contributed by atoms with Crippen LogP contribution >= 0.6 is 0 Å². The van der Waals surface area contributed by atoms with E-state index in [0.29, 0.717) is 17.3 Å². The van der Waals surface area contributed by atoms with Crippen molar-refractivity contribution in [3.8, 4) is 0 Å². The van der Waals surface area contributed by atoms with Crippen LogP contribution in [0.4, 0.5) is 14.5 Å². The van der Waals surface area contributed by atoms with Crippen LogP contribution in [-0.2, 0) is 10.0 Å². The number of piperidine rings is 1. The first-order valence-electron chi connectivity index (χ1n) is 10.2. The van der Waals surface area contributed by atoms with E-state index in [1.165, 1.54) is 22.5 Å². The zero-order chi connectivity index (χ0) is 23.0. The first-order valence-corrected chi connectivity index (χ1v) is 11.6. The summed E-state index contributed by atoms with van der Waals surface area (Å²) in [4.78, 5) is 15.8. The smallest absolute Gasteiger partial charge is 0.256 e. The predicted octanol–water partition coefficient (Wildman–Crippen LogP) is 3.34. The van der Waals surface area contributed by atoms with Gasteiger partial charge in [0.25, 0.3) is 5.91 Å². The number of nitrogens with zero attached hydrogens (tertiary/aromatic N) is 1. The van der Waals surface area contributed by atoms with Crippen molar-refractivity contribution in [1.29, 1.82) is 0 Å². The number of amides is 1. The number of anilines is 1. The van der Waals surface area contributed by atoms with Gasteiger partial charge in [0.05, 0.1) is 10.5 Å². The Balaban J connectivity index is 1.68. The van der Waals surface area contributed by atoms with E-state index in [0.717, 1.165) is 12.1 Å². The van der Waals surface area contributed by atoms with Crippen LogP contribution in [0, 0.1) is 23.5 Å². The van der Waals surface area contributed by atoms with Crippen molar-refractivity contribution >= 4 is 32.5 Å². The van der Waals surface area contributed by atoms with E-state index >= 15 is 0 Å². The van der Waals surface area contributed by atoms with Crippen molar-refractivity contribution in [1.82, 2.24) is 9.29 Å². The standard InChI is InChI=1S/C22H23F2N3O4S/c1-13-11-27(7-5-14(13)12-28)32(30,31)16-9-18(17-4-6-25-21(17)10-16)22(29)26-15-2-3-19(23)20(24)8-15/h2-4,6,8-10,13-14,25,28H,5,7,11-12H2,1H3,(H,26,29). The highest BCUT2D eigenvalue weighted by molar-refractivity contribution is 7.89. The zero-order valence-electron chi connectivity index (χ0n) is 17.3. The molecule has 1 saturated heterocycles. The fourth-order valence-corrected chi connectivity index (χ4v) is 5.65. The summed E-state index contributed by atoms with van der Waals surface area (Å²) in [6.07, 6.45) is 2.13. The summed E-state index contributed by atoms with van der Waals surface area (Å²) in [5.74, 6) is -2.75. The van der Waals surface area contributed by atoms with Crippen molar-refractivity contribution in [3.63, 3.8) is 0 Å². The van der Waals surface area contributed by atoms with Gasteiger partial charge < -0.3 is 15.4 Å². The summed E-state index contributed by atoms with van der Waals surface area (Å²) < 4.78 is 54.7. The number of carbonyl (C=O) groups is 1. The number of hydrogen-bond donors (Lipinski definition) is 3. The topological polar surface area (TPSA) is 103 Å². The minimum Gasteiger partial charge on any atom is -0.396 e. The number of aromatic amines is 1. The van der Waals surface area contributed by atoms with E-state index in [1.807, 2.05) is 6.92 Å². The lowest BCUT2D eigenvalue weighted by molar-refractivity contribution is 0.102. The van der Waals surface area contributed by atoms with E-state index < -0.39 is 27.6 Å². The average molecular weight is 464 g/mol. The molecule has 0 radical (unpaired) electrons. The molecular weight excluding hydrogens is 440 g/mol. The van der Waals surface area contributed by atoms with Gasteiger partial charge in [0.1, 0.15) is 0 Å². The van der Waals surface area contributed by atoms with E-state index in [4.69, 9.17) is 0 Å². The number of fused-ring (bicyclic) bond motifs is 1. The van der Waals surface area contributed by atoms with Gasteiger partial charge >= 0.3 is 0 Å². The number of rotatable bonds is 5.